The van der Waals surface area contributed by atoms with Gasteiger partial charge in [-0.15, -0.1) is 0 Å². The van der Waals surface area contributed by atoms with Gasteiger partial charge in [0.2, 0.25) is 0 Å². The lowest BCUT2D eigenvalue weighted by Crippen LogP contribution is -2.38. The Labute approximate surface area is 157 Å². The lowest BCUT2D eigenvalue weighted by Gasteiger charge is -2.25. The van der Waals surface area contributed by atoms with Crippen LogP contribution in [0.3, 0.4) is 0 Å². The Balaban J connectivity index is 2.39. The largest absolute Gasteiger partial charge is 0.458 e. The Hall–Kier alpha value is -3.22. The van der Waals surface area contributed by atoms with Crippen LogP contribution in [0.1, 0.15) is 48.3 Å². The molecule has 27 heavy (non-hydrogen) atoms. The Morgan fingerprint density at radius 1 is 1.07 bits per heavy atom. The average Bonchev–Trinajstić information content (AvgIpc) is 2.58. The van der Waals surface area contributed by atoms with Gasteiger partial charge in [-0.25, -0.2) is 4.79 Å². The van der Waals surface area contributed by atoms with E-state index in [1.165, 1.54) is 6.07 Å². The fourth-order valence-corrected chi connectivity index (χ4v) is 2.58. The van der Waals surface area contributed by atoms with E-state index in [-0.39, 0.29) is 11.3 Å². The summed E-state index contributed by atoms with van der Waals surface area (Å²) in [5.41, 5.74) is -0.253. The van der Waals surface area contributed by atoms with Crippen molar-refractivity contribution < 1.29 is 19.2 Å². The van der Waals surface area contributed by atoms with Gasteiger partial charge in [-0.1, -0.05) is 42.5 Å². The highest BCUT2D eigenvalue weighted by molar-refractivity contribution is 6.00. The van der Waals surface area contributed by atoms with Gasteiger partial charge in [0, 0.05) is 5.56 Å². The molecule has 0 aliphatic carbocycles. The molecule has 0 saturated carbocycles. The summed E-state index contributed by atoms with van der Waals surface area (Å²) < 4.78 is 5.40. The van der Waals surface area contributed by atoms with Gasteiger partial charge >= 0.3 is 5.97 Å². The van der Waals surface area contributed by atoms with E-state index in [0.29, 0.717) is 11.1 Å². The van der Waals surface area contributed by atoms with Crippen LogP contribution in [0.25, 0.3) is 0 Å². The molecule has 7 nitrogen and oxygen atoms in total. The molecule has 0 spiro atoms. The smallest absolute Gasteiger partial charge is 0.333 e. The highest BCUT2D eigenvalue weighted by atomic mass is 16.6. The summed E-state index contributed by atoms with van der Waals surface area (Å²) in [4.78, 5) is 36.1. The van der Waals surface area contributed by atoms with Crippen molar-refractivity contribution in [1.82, 2.24) is 5.32 Å². The number of nitrogens with one attached hydrogen (secondary N) is 1. The normalized spacial score (nSPS) is 12.1. The molecule has 7 heteroatoms. The average molecular weight is 370 g/mol. The second-order valence-corrected chi connectivity index (χ2v) is 7.08. The highest BCUT2D eigenvalue weighted by Crippen LogP contribution is 2.25. The minimum atomic E-state index is -1.09. The Kier molecular flexibility index (Phi) is 5.95. The molecule has 1 atom stereocenters. The van der Waals surface area contributed by atoms with E-state index in [9.17, 15) is 19.7 Å². The summed E-state index contributed by atoms with van der Waals surface area (Å²) >= 11 is 0. The number of carbonyl (C=O) groups is 2. The zero-order valence-corrected chi connectivity index (χ0v) is 15.7. The van der Waals surface area contributed by atoms with Crippen LogP contribution in [0.4, 0.5) is 5.69 Å². The first-order valence-corrected chi connectivity index (χ1v) is 8.43. The summed E-state index contributed by atoms with van der Waals surface area (Å²) in [5.74, 6) is -1.36. The predicted molar refractivity (Wildman–Crippen MR) is 100 cm³/mol. The number of benzene rings is 2. The number of aryl methyl sites for hydroxylation is 1. The number of rotatable bonds is 5. The molecule has 0 saturated heterocycles. The van der Waals surface area contributed by atoms with Crippen molar-refractivity contribution in [2.24, 2.45) is 0 Å². The standard InChI is InChI=1S/C20H22N2O5/c1-13-9-8-12-15(17(13)22(25)26)18(23)21-16(14-10-6-5-7-11-14)19(24)27-20(2,3)4/h5-12,16H,1-4H3,(H,21,23)/t16-/m0/s1. The van der Waals surface area contributed by atoms with Crippen molar-refractivity contribution in [3.8, 4) is 0 Å². The van der Waals surface area contributed by atoms with Crippen LogP contribution >= 0.6 is 0 Å². The van der Waals surface area contributed by atoms with Crippen LogP contribution < -0.4 is 5.32 Å². The topological polar surface area (TPSA) is 98.5 Å². The number of esters is 1. The third kappa shape index (κ3) is 5.13. The molecular formula is C20H22N2O5. The Bertz CT molecular complexity index is 856. The van der Waals surface area contributed by atoms with Gasteiger partial charge in [0.15, 0.2) is 6.04 Å². The molecule has 0 fully saturated rings. The lowest BCUT2D eigenvalue weighted by atomic mass is 10.0. The van der Waals surface area contributed by atoms with E-state index in [0.717, 1.165) is 0 Å². The minimum absolute atomic E-state index is 0.107. The lowest BCUT2D eigenvalue weighted by molar-refractivity contribution is -0.385. The van der Waals surface area contributed by atoms with Gasteiger partial charge in [-0.2, -0.15) is 0 Å². The molecular weight excluding hydrogens is 348 g/mol. The number of ether oxygens (including phenoxy) is 1. The van der Waals surface area contributed by atoms with Gasteiger partial charge in [-0.3, -0.25) is 14.9 Å². The van der Waals surface area contributed by atoms with E-state index < -0.39 is 28.4 Å². The Morgan fingerprint density at radius 3 is 2.26 bits per heavy atom. The molecule has 0 bridgehead atoms. The summed E-state index contributed by atoms with van der Waals surface area (Å²) in [6, 6.07) is 12.0. The van der Waals surface area contributed by atoms with Gasteiger partial charge in [0.05, 0.1) is 4.92 Å². The van der Waals surface area contributed by atoms with E-state index in [2.05, 4.69) is 5.32 Å². The molecule has 0 unspecified atom stereocenters. The fraction of sp³-hybridized carbons (Fsp3) is 0.300. The fourth-order valence-electron chi connectivity index (χ4n) is 2.58. The van der Waals surface area contributed by atoms with Crippen molar-refractivity contribution in [2.45, 2.75) is 39.3 Å². The molecule has 1 amide bonds. The third-order valence-corrected chi connectivity index (χ3v) is 3.72. The molecule has 0 heterocycles. The van der Waals surface area contributed by atoms with Crippen molar-refractivity contribution in [1.29, 1.82) is 0 Å². The van der Waals surface area contributed by atoms with Crippen molar-refractivity contribution >= 4 is 17.6 Å². The van der Waals surface area contributed by atoms with Crippen LogP contribution in [-0.2, 0) is 9.53 Å². The third-order valence-electron chi connectivity index (χ3n) is 3.72. The maximum absolute atomic E-state index is 12.8. The monoisotopic (exact) mass is 370 g/mol. The number of hydrogen-bond acceptors (Lipinski definition) is 5. The van der Waals surface area contributed by atoms with E-state index in [1.807, 2.05) is 0 Å². The van der Waals surface area contributed by atoms with Crippen LogP contribution in [0, 0.1) is 17.0 Å². The van der Waals surface area contributed by atoms with Crippen molar-refractivity contribution in [3.63, 3.8) is 0 Å². The van der Waals surface area contributed by atoms with Crippen LogP contribution in [0.2, 0.25) is 0 Å². The first kappa shape index (κ1) is 20.1. The maximum Gasteiger partial charge on any atom is 0.333 e. The zero-order chi connectivity index (χ0) is 20.2. The van der Waals surface area contributed by atoms with E-state index in [4.69, 9.17) is 4.74 Å². The SMILES string of the molecule is Cc1cccc(C(=O)N[C@H](C(=O)OC(C)(C)C)c2ccccc2)c1[N+](=O)[O-]. The molecule has 0 aliphatic rings. The van der Waals surface area contributed by atoms with Gasteiger partial charge in [0.25, 0.3) is 11.6 Å². The predicted octanol–water partition coefficient (Wildman–Crippen LogP) is 3.72. The summed E-state index contributed by atoms with van der Waals surface area (Å²) in [7, 11) is 0. The molecule has 0 aromatic heterocycles. The molecule has 2 aromatic carbocycles. The van der Waals surface area contributed by atoms with Crippen LogP contribution in [0.5, 0.6) is 0 Å². The number of hydrogen-bond donors (Lipinski definition) is 1. The quantitative estimate of drug-likeness (QED) is 0.491. The van der Waals surface area contributed by atoms with Gasteiger partial charge in [0.1, 0.15) is 11.2 Å². The summed E-state index contributed by atoms with van der Waals surface area (Å²) in [6.07, 6.45) is 0. The van der Waals surface area contributed by atoms with Crippen LogP contribution in [0.15, 0.2) is 48.5 Å². The zero-order valence-electron chi connectivity index (χ0n) is 15.7. The number of amides is 1. The maximum atomic E-state index is 12.8. The van der Waals surface area contributed by atoms with E-state index >= 15 is 0 Å². The first-order chi connectivity index (χ1) is 12.6. The number of nitro benzene ring substituents is 1. The summed E-state index contributed by atoms with van der Waals surface area (Å²) in [5, 5.41) is 13.9. The molecule has 0 radical (unpaired) electrons. The van der Waals surface area contributed by atoms with E-state index in [1.54, 1.807) is 70.2 Å². The first-order valence-electron chi connectivity index (χ1n) is 8.43. The highest BCUT2D eigenvalue weighted by Gasteiger charge is 2.31. The van der Waals surface area contributed by atoms with Gasteiger partial charge in [-0.05, 0) is 39.3 Å². The second kappa shape index (κ2) is 7.99. The number of carbonyl (C=O) groups excluding carboxylic acids is 2. The molecule has 142 valence electrons. The number of nitrogens with zero attached hydrogens (tertiary/aromatic N) is 1. The molecule has 2 aromatic rings. The van der Waals surface area contributed by atoms with Gasteiger partial charge < -0.3 is 10.1 Å². The molecule has 0 aliphatic heterocycles. The number of para-hydroxylation sites is 1. The van der Waals surface area contributed by atoms with Crippen LogP contribution in [-0.4, -0.2) is 22.4 Å². The molecule has 1 N–H and O–H groups in total. The van der Waals surface area contributed by atoms with Crippen molar-refractivity contribution in [3.05, 3.63) is 75.3 Å². The summed E-state index contributed by atoms with van der Waals surface area (Å²) in [6.45, 7) is 6.72. The Morgan fingerprint density at radius 2 is 1.70 bits per heavy atom. The van der Waals surface area contributed by atoms with Crippen molar-refractivity contribution in [2.75, 3.05) is 0 Å². The minimum Gasteiger partial charge on any atom is -0.458 e. The second-order valence-electron chi connectivity index (χ2n) is 7.08. The molecule has 2 rings (SSSR count). The number of nitro groups is 1.